The van der Waals surface area contributed by atoms with Crippen LogP contribution in [0.2, 0.25) is 0 Å². The molecule has 0 unspecified atom stereocenters. The van der Waals surface area contributed by atoms with Gasteiger partial charge in [-0.3, -0.25) is 0 Å². The van der Waals surface area contributed by atoms with E-state index in [9.17, 15) is 6.85 Å². The lowest BCUT2D eigenvalue weighted by Crippen LogP contribution is -1.91. The fourth-order valence-electron chi connectivity index (χ4n) is 6.14. The molecule has 0 atom stereocenters. The van der Waals surface area contributed by atoms with E-state index in [0.717, 1.165) is 10.8 Å². The molecule has 1 heteroatoms. The number of rotatable bonds is 3. The van der Waals surface area contributed by atoms with Gasteiger partial charge < -0.3 is 4.42 Å². The molecule has 0 spiro atoms. The summed E-state index contributed by atoms with van der Waals surface area (Å²) in [5, 5.41) is 4.12. The first-order chi connectivity index (χ1) is 25.9. The van der Waals surface area contributed by atoms with Crippen LogP contribution >= 0.6 is 0 Å². The maximum Gasteiger partial charge on any atom is 0.136 e. The van der Waals surface area contributed by atoms with Gasteiger partial charge in [0.15, 0.2) is 0 Å². The van der Waals surface area contributed by atoms with Gasteiger partial charge in [-0.2, -0.15) is 0 Å². The predicted octanol–water partition coefficient (Wildman–Crippen LogP) is 12.0. The van der Waals surface area contributed by atoms with Crippen LogP contribution in [0.5, 0.6) is 0 Å². The average molecular weight is 558 g/mol. The number of fused-ring (bicyclic) bond motifs is 6. The van der Waals surface area contributed by atoms with Crippen molar-refractivity contribution < 1.29 is 19.5 Å². The second-order valence-electron chi connectivity index (χ2n) is 10.4. The molecule has 9 rings (SSSR count). The molecule has 0 amide bonds. The Morgan fingerprint density at radius 1 is 0.419 bits per heavy atom. The normalized spacial score (nSPS) is 15.3. The molecule has 9 aromatic rings. The molecule has 0 saturated heterocycles. The van der Waals surface area contributed by atoms with E-state index in [1.165, 1.54) is 0 Å². The van der Waals surface area contributed by atoms with Crippen LogP contribution in [0.4, 0.5) is 0 Å². The third-order valence-electron chi connectivity index (χ3n) is 8.04. The molecule has 200 valence electrons. The highest BCUT2D eigenvalue weighted by molar-refractivity contribution is 6.25. The molecule has 0 aliphatic carbocycles. The molecular formula is C42H26O. The summed E-state index contributed by atoms with van der Waals surface area (Å²) >= 11 is 0. The van der Waals surface area contributed by atoms with E-state index >= 15 is 0 Å². The summed E-state index contributed by atoms with van der Waals surface area (Å²) in [4.78, 5) is 0. The number of furan rings is 1. The largest absolute Gasteiger partial charge is 0.456 e. The third kappa shape index (κ3) is 3.72. The summed E-state index contributed by atoms with van der Waals surface area (Å²) in [7, 11) is 0. The van der Waals surface area contributed by atoms with Gasteiger partial charge in [-0.15, -0.1) is 0 Å². The minimum Gasteiger partial charge on any atom is -0.456 e. The smallest absolute Gasteiger partial charge is 0.136 e. The molecule has 0 fully saturated rings. The molecule has 1 aromatic heterocycles. The van der Waals surface area contributed by atoms with Crippen molar-refractivity contribution in [1.82, 2.24) is 0 Å². The number of para-hydroxylation sites is 1. The molecule has 0 aliphatic rings. The minimum atomic E-state index is -0.511. The first kappa shape index (κ1) is 15.5. The van der Waals surface area contributed by atoms with Crippen LogP contribution in [-0.4, -0.2) is 0 Å². The van der Waals surface area contributed by atoms with Gasteiger partial charge in [0.05, 0.1) is 15.1 Å². The minimum absolute atomic E-state index is 0.00546. The summed E-state index contributed by atoms with van der Waals surface area (Å²) in [5.74, 6) is 0. The first-order valence-electron chi connectivity index (χ1n) is 19.4. The van der Waals surface area contributed by atoms with Crippen LogP contribution < -0.4 is 0 Å². The molecule has 0 aliphatic heterocycles. The predicted molar refractivity (Wildman–Crippen MR) is 183 cm³/mol. The highest BCUT2D eigenvalue weighted by Gasteiger charge is 2.20. The van der Waals surface area contributed by atoms with Crippen molar-refractivity contribution in [2.75, 3.05) is 0 Å². The van der Waals surface area contributed by atoms with Gasteiger partial charge >= 0.3 is 0 Å². The molecular weight excluding hydrogens is 520 g/mol. The molecule has 43 heavy (non-hydrogen) atoms. The van der Waals surface area contributed by atoms with Crippen molar-refractivity contribution in [2.45, 2.75) is 0 Å². The van der Waals surface area contributed by atoms with Gasteiger partial charge in [0.1, 0.15) is 11.2 Å². The van der Waals surface area contributed by atoms with Crippen molar-refractivity contribution in [3.63, 3.8) is 0 Å². The van der Waals surface area contributed by atoms with E-state index in [1.54, 1.807) is 54.6 Å². The fraction of sp³-hybridized carbons (Fsp3) is 0. The average Bonchev–Trinajstić information content (AvgIpc) is 3.59. The van der Waals surface area contributed by atoms with E-state index in [1.807, 2.05) is 36.4 Å². The van der Waals surface area contributed by atoms with Gasteiger partial charge in [-0.25, -0.2) is 0 Å². The summed E-state index contributed by atoms with van der Waals surface area (Å²) in [6.07, 6.45) is 0. The van der Waals surface area contributed by atoms with Crippen LogP contribution in [0.1, 0.15) is 15.1 Å². The van der Waals surface area contributed by atoms with Crippen molar-refractivity contribution in [1.29, 1.82) is 0 Å². The monoisotopic (exact) mass is 557 g/mol. The van der Waals surface area contributed by atoms with Crippen molar-refractivity contribution >= 4 is 54.3 Å². The Morgan fingerprint density at radius 3 is 1.77 bits per heavy atom. The van der Waals surface area contributed by atoms with Crippen LogP contribution in [0.3, 0.4) is 0 Å². The molecule has 1 nitrogen and oxygen atoms in total. The molecule has 0 bridgehead atoms. The quantitative estimate of drug-likeness (QED) is 0.197. The van der Waals surface area contributed by atoms with E-state index < -0.39 is 36.3 Å². The second-order valence-corrected chi connectivity index (χ2v) is 10.4. The zero-order valence-corrected chi connectivity index (χ0v) is 22.6. The third-order valence-corrected chi connectivity index (χ3v) is 8.04. The molecule has 1 heterocycles. The number of hydrogen-bond acceptors (Lipinski definition) is 1. The van der Waals surface area contributed by atoms with Gasteiger partial charge in [-0.1, -0.05) is 139 Å². The second kappa shape index (κ2) is 9.44. The molecule has 8 aromatic carbocycles. The maximum atomic E-state index is 9.39. The standard InChI is InChI=1S/C42H26O/c1-2-11-30-26-31(25-22-27(30)10-1)28-20-23-29(24-21-28)40-32-12-3-5-14-34(32)41(35-15-6-4-13-33(35)40)37-17-9-19-39-42(37)36-16-7-8-18-38(36)43-39/h1-26H/i7D,8D,9D,16D,17D,18D,19D,20D,21D,23D,24D. The van der Waals surface area contributed by atoms with E-state index in [0.29, 0.717) is 38.2 Å². The van der Waals surface area contributed by atoms with Gasteiger partial charge in [0.2, 0.25) is 0 Å². The molecule has 0 N–H and O–H groups in total. The lowest BCUT2D eigenvalue weighted by molar-refractivity contribution is 0.669. The SMILES string of the molecule is [2H]c1c([2H])c(-c2c3ccccc3c(-c3c([2H])c([2H])c([2H])c4oc5c([2H])c([2H])c([2H])c([2H])c5c34)c3ccccc23)c([2H])c([2H])c1-c1ccc2ccccc2c1. The highest BCUT2D eigenvalue weighted by atomic mass is 16.3. The van der Waals surface area contributed by atoms with Gasteiger partial charge in [-0.05, 0) is 83.8 Å². The maximum absolute atomic E-state index is 9.39. The Balaban J connectivity index is 1.42. The Morgan fingerprint density at radius 2 is 1.02 bits per heavy atom. The summed E-state index contributed by atoms with van der Waals surface area (Å²) in [6.45, 7) is 0. The van der Waals surface area contributed by atoms with Crippen LogP contribution in [0.15, 0.2) is 162 Å². The topological polar surface area (TPSA) is 13.1 Å². The fourth-order valence-corrected chi connectivity index (χ4v) is 6.14. The number of hydrogen-bond donors (Lipinski definition) is 0. The zero-order chi connectivity index (χ0) is 37.9. The Kier molecular flexibility index (Phi) is 3.41. The van der Waals surface area contributed by atoms with Crippen molar-refractivity contribution in [3.05, 3.63) is 157 Å². The van der Waals surface area contributed by atoms with Gasteiger partial charge in [0.25, 0.3) is 0 Å². The van der Waals surface area contributed by atoms with Crippen molar-refractivity contribution in [2.24, 2.45) is 0 Å². The summed E-state index contributed by atoms with van der Waals surface area (Å²) in [6, 6.07) is 23.7. The van der Waals surface area contributed by atoms with E-state index in [2.05, 4.69) is 0 Å². The summed E-state index contributed by atoms with van der Waals surface area (Å²) in [5.41, 5.74) is 1.52. The molecule has 0 radical (unpaired) electrons. The van der Waals surface area contributed by atoms with E-state index in [-0.39, 0.29) is 68.8 Å². The summed E-state index contributed by atoms with van der Waals surface area (Å²) < 4.78 is 104. The lowest BCUT2D eigenvalue weighted by atomic mass is 9.84. The Hall–Kier alpha value is -5.66. The van der Waals surface area contributed by atoms with Crippen LogP contribution in [-0.2, 0) is 0 Å². The van der Waals surface area contributed by atoms with E-state index in [4.69, 9.17) is 12.6 Å². The Labute approximate surface area is 264 Å². The number of benzene rings is 8. The van der Waals surface area contributed by atoms with Gasteiger partial charge in [0, 0.05) is 10.8 Å². The van der Waals surface area contributed by atoms with Crippen LogP contribution in [0, 0.1) is 0 Å². The van der Waals surface area contributed by atoms with Crippen LogP contribution in [0.25, 0.3) is 87.6 Å². The molecule has 0 saturated carbocycles. The Bertz CT molecular complexity index is 3040. The zero-order valence-electron chi connectivity index (χ0n) is 33.6. The van der Waals surface area contributed by atoms with Crippen molar-refractivity contribution in [3.8, 4) is 33.4 Å². The highest BCUT2D eigenvalue weighted by Crippen LogP contribution is 2.46. The first-order valence-corrected chi connectivity index (χ1v) is 13.9. The lowest BCUT2D eigenvalue weighted by Gasteiger charge is -2.18.